The van der Waals surface area contributed by atoms with Gasteiger partial charge in [0.2, 0.25) is 11.6 Å². The monoisotopic (exact) mass is 445 g/mol. The first kappa shape index (κ1) is 24.2. The van der Waals surface area contributed by atoms with Crippen molar-refractivity contribution in [3.63, 3.8) is 0 Å². The SMILES string of the molecule is CC1=CCCC2C1(C)CCC(C)C2(C)CC1=C(O)C(NC(C(=O)O)C(C)O)=CC(=O)C1=O. The molecule has 6 unspecified atom stereocenters. The van der Waals surface area contributed by atoms with E-state index in [1.165, 1.54) is 12.5 Å². The van der Waals surface area contributed by atoms with Crippen LogP contribution in [0.25, 0.3) is 0 Å². The molecule has 1 fully saturated rings. The molecule has 3 aliphatic carbocycles. The third-order valence-electron chi connectivity index (χ3n) is 8.53. The lowest BCUT2D eigenvalue weighted by Crippen LogP contribution is -2.50. The topological polar surface area (TPSA) is 124 Å². The van der Waals surface area contributed by atoms with E-state index in [9.17, 15) is 29.7 Å². The zero-order chi connectivity index (χ0) is 24.0. The summed E-state index contributed by atoms with van der Waals surface area (Å²) in [5, 5.41) is 32.6. The average molecular weight is 446 g/mol. The summed E-state index contributed by atoms with van der Waals surface area (Å²) in [6.07, 6.45) is 6.18. The van der Waals surface area contributed by atoms with Crippen LogP contribution in [0.2, 0.25) is 0 Å². The van der Waals surface area contributed by atoms with E-state index in [1.807, 2.05) is 0 Å². The van der Waals surface area contributed by atoms with E-state index in [-0.39, 0.29) is 34.4 Å². The summed E-state index contributed by atoms with van der Waals surface area (Å²) in [6, 6.07) is -1.43. The molecule has 3 rings (SSSR count). The molecule has 0 radical (unpaired) electrons. The fraction of sp³-hybridized carbons (Fsp3) is 0.640. The predicted molar refractivity (Wildman–Crippen MR) is 120 cm³/mol. The highest BCUT2D eigenvalue weighted by Gasteiger charge is 2.54. The Kier molecular flexibility index (Phi) is 6.44. The number of ketones is 2. The van der Waals surface area contributed by atoms with Crippen LogP contribution in [0.5, 0.6) is 0 Å². The van der Waals surface area contributed by atoms with E-state index >= 15 is 0 Å². The van der Waals surface area contributed by atoms with Crippen LogP contribution in [0.3, 0.4) is 0 Å². The number of nitrogens with one attached hydrogen (secondary N) is 1. The number of fused-ring (bicyclic) bond motifs is 1. The van der Waals surface area contributed by atoms with E-state index in [0.717, 1.165) is 31.8 Å². The van der Waals surface area contributed by atoms with Crippen molar-refractivity contribution in [1.82, 2.24) is 5.32 Å². The standard InChI is InChI=1S/C25H35NO6/c1-13-7-6-8-19-24(13,4)10-9-14(2)25(19,5)12-16-21(29)17(11-18(28)22(16)30)26-20(15(3)27)23(31)32/h7,11,14-15,19-20,26-27,29H,6,8-10,12H2,1-5H3,(H,31,32). The Labute approximate surface area is 189 Å². The van der Waals surface area contributed by atoms with Crippen LogP contribution < -0.4 is 5.32 Å². The van der Waals surface area contributed by atoms with Gasteiger partial charge < -0.3 is 20.6 Å². The molecule has 4 N–H and O–H groups in total. The van der Waals surface area contributed by atoms with E-state index in [0.29, 0.717) is 5.92 Å². The van der Waals surface area contributed by atoms with Crippen LogP contribution >= 0.6 is 0 Å². The number of carbonyl (C=O) groups excluding carboxylic acids is 2. The minimum absolute atomic E-state index is 0.00898. The Morgan fingerprint density at radius 3 is 2.53 bits per heavy atom. The van der Waals surface area contributed by atoms with Gasteiger partial charge >= 0.3 is 5.97 Å². The summed E-state index contributed by atoms with van der Waals surface area (Å²) in [7, 11) is 0. The highest BCUT2D eigenvalue weighted by Crippen LogP contribution is 2.62. The van der Waals surface area contributed by atoms with Crippen LogP contribution in [0.1, 0.15) is 66.7 Å². The number of hydrogen-bond donors (Lipinski definition) is 4. The number of aliphatic hydroxyl groups is 2. The Morgan fingerprint density at radius 2 is 1.94 bits per heavy atom. The van der Waals surface area contributed by atoms with Gasteiger partial charge in [-0.1, -0.05) is 32.4 Å². The van der Waals surface area contributed by atoms with Crippen LogP contribution in [0.4, 0.5) is 0 Å². The number of rotatable bonds is 6. The van der Waals surface area contributed by atoms with Crippen molar-refractivity contribution in [3.05, 3.63) is 34.8 Å². The van der Waals surface area contributed by atoms with Crippen molar-refractivity contribution in [3.8, 4) is 0 Å². The van der Waals surface area contributed by atoms with Crippen LogP contribution in [0.15, 0.2) is 34.8 Å². The molecule has 176 valence electrons. The Balaban J connectivity index is 2.00. The molecule has 7 heteroatoms. The second-order valence-electron chi connectivity index (χ2n) is 10.3. The zero-order valence-corrected chi connectivity index (χ0v) is 19.6. The lowest BCUT2D eigenvalue weighted by molar-refractivity contribution is -0.141. The summed E-state index contributed by atoms with van der Waals surface area (Å²) in [6.45, 7) is 10.1. The van der Waals surface area contributed by atoms with Crippen molar-refractivity contribution in [1.29, 1.82) is 0 Å². The predicted octanol–water partition coefficient (Wildman–Crippen LogP) is 3.45. The first-order valence-corrected chi connectivity index (χ1v) is 11.4. The van der Waals surface area contributed by atoms with Crippen molar-refractivity contribution >= 4 is 17.5 Å². The average Bonchev–Trinajstić information content (AvgIpc) is 2.71. The molecule has 0 heterocycles. The molecule has 0 aromatic rings. The molecule has 7 nitrogen and oxygen atoms in total. The number of allylic oxidation sites excluding steroid dienone is 4. The summed E-state index contributed by atoms with van der Waals surface area (Å²) in [4.78, 5) is 36.8. The quantitative estimate of drug-likeness (QED) is 0.280. The maximum absolute atomic E-state index is 12.8. The van der Waals surface area contributed by atoms with Gasteiger partial charge in [0.15, 0.2) is 6.04 Å². The molecule has 0 spiro atoms. The molecule has 0 aliphatic heterocycles. The molecule has 0 bridgehead atoms. The van der Waals surface area contributed by atoms with Gasteiger partial charge in [0.25, 0.3) is 0 Å². The van der Waals surface area contributed by atoms with Gasteiger partial charge in [0.1, 0.15) is 5.76 Å². The highest BCUT2D eigenvalue weighted by molar-refractivity contribution is 6.48. The van der Waals surface area contributed by atoms with Crippen LogP contribution in [0, 0.1) is 22.7 Å². The lowest BCUT2D eigenvalue weighted by Gasteiger charge is -2.58. The van der Waals surface area contributed by atoms with Gasteiger partial charge in [-0.2, -0.15) is 0 Å². The van der Waals surface area contributed by atoms with Gasteiger partial charge in [0.05, 0.1) is 11.8 Å². The van der Waals surface area contributed by atoms with Gasteiger partial charge in [-0.3, -0.25) is 9.59 Å². The summed E-state index contributed by atoms with van der Waals surface area (Å²) >= 11 is 0. The van der Waals surface area contributed by atoms with E-state index in [1.54, 1.807) is 0 Å². The Morgan fingerprint density at radius 1 is 1.28 bits per heavy atom. The van der Waals surface area contributed by atoms with Gasteiger partial charge in [-0.15, -0.1) is 0 Å². The minimum Gasteiger partial charge on any atom is -0.505 e. The van der Waals surface area contributed by atoms with E-state index < -0.39 is 35.4 Å². The highest BCUT2D eigenvalue weighted by atomic mass is 16.4. The molecule has 0 aromatic carbocycles. The number of carboxylic acids is 1. The fourth-order valence-corrected chi connectivity index (χ4v) is 6.10. The fourth-order valence-electron chi connectivity index (χ4n) is 6.10. The van der Waals surface area contributed by atoms with Crippen molar-refractivity contribution < 1.29 is 29.7 Å². The third kappa shape index (κ3) is 3.91. The third-order valence-corrected chi connectivity index (χ3v) is 8.53. The largest absolute Gasteiger partial charge is 0.505 e. The number of aliphatic hydroxyl groups excluding tert-OH is 2. The number of carbonyl (C=O) groups is 3. The van der Waals surface area contributed by atoms with E-state index in [2.05, 4.69) is 39.1 Å². The number of hydrogen-bond acceptors (Lipinski definition) is 6. The maximum Gasteiger partial charge on any atom is 0.328 e. The Hall–Kier alpha value is -2.41. The van der Waals surface area contributed by atoms with Gasteiger partial charge in [0, 0.05) is 11.6 Å². The summed E-state index contributed by atoms with van der Waals surface area (Å²) in [5.41, 5.74) is 0.947. The molecule has 6 atom stereocenters. The molecule has 3 aliphatic rings. The molecule has 0 saturated heterocycles. The zero-order valence-electron chi connectivity index (χ0n) is 19.6. The van der Waals surface area contributed by atoms with Crippen LogP contribution in [-0.4, -0.2) is 45.0 Å². The minimum atomic E-state index is -1.43. The van der Waals surface area contributed by atoms with Crippen LogP contribution in [-0.2, 0) is 14.4 Å². The molecule has 0 amide bonds. The molecular weight excluding hydrogens is 410 g/mol. The lowest BCUT2D eigenvalue weighted by atomic mass is 9.46. The molecule has 32 heavy (non-hydrogen) atoms. The normalized spacial score (nSPS) is 34.9. The van der Waals surface area contributed by atoms with E-state index in [4.69, 9.17) is 0 Å². The second kappa shape index (κ2) is 8.50. The Bertz CT molecular complexity index is 929. The smallest absolute Gasteiger partial charge is 0.328 e. The summed E-state index contributed by atoms with van der Waals surface area (Å²) < 4.78 is 0. The maximum atomic E-state index is 12.8. The van der Waals surface area contributed by atoms with Gasteiger partial charge in [-0.05, 0) is 68.6 Å². The second-order valence-corrected chi connectivity index (χ2v) is 10.3. The van der Waals surface area contributed by atoms with Crippen molar-refractivity contribution in [2.24, 2.45) is 22.7 Å². The molecule has 1 saturated carbocycles. The number of carboxylic acid groups (broad SMARTS) is 1. The number of Topliss-reactive ketones (excluding diaryl/α,β-unsaturated/α-hetero) is 1. The first-order valence-electron chi connectivity index (χ1n) is 11.4. The molecular formula is C25H35NO6. The first-order chi connectivity index (χ1) is 14.8. The number of aliphatic carboxylic acids is 1. The van der Waals surface area contributed by atoms with Crippen molar-refractivity contribution in [2.75, 3.05) is 0 Å². The molecule has 0 aromatic heterocycles. The van der Waals surface area contributed by atoms with Gasteiger partial charge in [-0.25, -0.2) is 4.79 Å². The van der Waals surface area contributed by atoms with Crippen molar-refractivity contribution in [2.45, 2.75) is 78.9 Å². The summed E-state index contributed by atoms with van der Waals surface area (Å²) in [5.74, 6) is -2.71.